The van der Waals surface area contributed by atoms with Crippen LogP contribution < -0.4 is 16.2 Å². The zero-order chi connectivity index (χ0) is 23.9. The van der Waals surface area contributed by atoms with Crippen LogP contribution in [0.2, 0.25) is 0 Å². The highest BCUT2D eigenvalue weighted by atomic mass is 19.1. The number of benzene rings is 1. The molecule has 8 nitrogen and oxygen atoms in total. The highest BCUT2D eigenvalue weighted by Crippen LogP contribution is 2.23. The predicted molar refractivity (Wildman–Crippen MR) is 117 cm³/mol. The molecule has 3 N–H and O–H groups in total. The molecule has 4 rings (SSSR count). The molecule has 0 saturated carbocycles. The van der Waals surface area contributed by atoms with Gasteiger partial charge >= 0.3 is 0 Å². The summed E-state index contributed by atoms with van der Waals surface area (Å²) in [5.41, 5.74) is 6.87. The molecule has 0 bridgehead atoms. The van der Waals surface area contributed by atoms with Crippen molar-refractivity contribution in [3.8, 4) is 0 Å². The Bertz CT molecular complexity index is 1290. The van der Waals surface area contributed by atoms with Gasteiger partial charge in [0.25, 0.3) is 11.5 Å². The number of carbonyl (C=O) groups is 1. The van der Waals surface area contributed by atoms with Crippen molar-refractivity contribution in [3.63, 3.8) is 0 Å². The SMILES string of the molecule is [2H]C([2H])(c1ccc2nc(CC)c(=O)[nH]c2c1F)N1CCN(c2ccc(C(N)=O)nc2C)CC1. The van der Waals surface area contributed by atoms with Gasteiger partial charge in [0, 0.05) is 41.0 Å². The number of pyridine rings is 1. The van der Waals surface area contributed by atoms with E-state index in [1.165, 1.54) is 12.1 Å². The lowest BCUT2D eigenvalue weighted by Crippen LogP contribution is -2.46. The third kappa shape index (κ3) is 4.13. The maximum absolute atomic E-state index is 15.3. The molecule has 1 aliphatic heterocycles. The summed E-state index contributed by atoms with van der Waals surface area (Å²) in [7, 11) is 0. The molecule has 1 fully saturated rings. The maximum atomic E-state index is 15.3. The first-order valence-corrected chi connectivity index (χ1v) is 10.1. The number of carbonyl (C=O) groups excluding carboxylic acids is 1. The molecular formula is C22H25FN6O2. The van der Waals surface area contributed by atoms with Crippen LogP contribution in [0.25, 0.3) is 11.0 Å². The Labute approximate surface area is 181 Å². The Hall–Kier alpha value is -3.33. The Balaban J connectivity index is 1.57. The third-order valence-corrected chi connectivity index (χ3v) is 5.42. The van der Waals surface area contributed by atoms with Gasteiger partial charge in [0.1, 0.15) is 16.9 Å². The minimum Gasteiger partial charge on any atom is -0.368 e. The quantitative estimate of drug-likeness (QED) is 0.644. The number of rotatable bonds is 5. The van der Waals surface area contributed by atoms with Crippen LogP contribution in [-0.2, 0) is 12.9 Å². The minimum absolute atomic E-state index is 0.0894. The molecule has 162 valence electrons. The van der Waals surface area contributed by atoms with Crippen molar-refractivity contribution >= 4 is 22.6 Å². The van der Waals surface area contributed by atoms with Crippen LogP contribution in [0.1, 0.15) is 37.1 Å². The number of nitrogens with two attached hydrogens (primary N) is 1. The number of amides is 1. The number of hydrogen-bond acceptors (Lipinski definition) is 6. The van der Waals surface area contributed by atoms with E-state index in [0.29, 0.717) is 44.0 Å². The van der Waals surface area contributed by atoms with Crippen molar-refractivity contribution < 1.29 is 11.9 Å². The molecule has 0 atom stereocenters. The Morgan fingerprint density at radius 3 is 2.61 bits per heavy atom. The Morgan fingerprint density at radius 1 is 1.23 bits per heavy atom. The van der Waals surface area contributed by atoms with E-state index < -0.39 is 23.8 Å². The van der Waals surface area contributed by atoms with Gasteiger partial charge in [-0.3, -0.25) is 14.5 Å². The van der Waals surface area contributed by atoms with Crippen molar-refractivity contribution in [2.45, 2.75) is 26.8 Å². The summed E-state index contributed by atoms with van der Waals surface area (Å²) < 4.78 is 32.6. The standard InChI is InChI=1S/C22H25FN6O2/c1-3-15-22(31)27-20-16(26-15)5-4-14(19(20)23)12-28-8-10-29(11-9-28)18-7-6-17(21(24)30)25-13(18)2/h4-7H,3,8-12H2,1-2H3,(H2,24,30)(H,27,31)/i12D2. The van der Waals surface area contributed by atoms with Crippen molar-refractivity contribution in [1.29, 1.82) is 0 Å². The van der Waals surface area contributed by atoms with E-state index in [1.807, 2.05) is 4.90 Å². The summed E-state index contributed by atoms with van der Waals surface area (Å²) in [6.45, 7) is 3.15. The lowest BCUT2D eigenvalue weighted by molar-refractivity contribution is 0.0995. The second kappa shape index (κ2) is 8.43. The van der Waals surface area contributed by atoms with Gasteiger partial charge in [0.05, 0.1) is 16.9 Å². The molecule has 1 aromatic carbocycles. The van der Waals surface area contributed by atoms with Gasteiger partial charge in [0.15, 0.2) is 5.82 Å². The summed E-state index contributed by atoms with van der Waals surface area (Å²) in [4.78, 5) is 38.0. The molecule has 0 radical (unpaired) electrons. The molecule has 3 aromatic rings. The predicted octanol–water partition coefficient (Wildman–Crippen LogP) is 1.75. The van der Waals surface area contributed by atoms with E-state index in [-0.39, 0.29) is 22.3 Å². The molecule has 2 aromatic heterocycles. The number of hydrogen-bond donors (Lipinski definition) is 2. The number of halogens is 1. The Kier molecular flexibility index (Phi) is 5.01. The van der Waals surface area contributed by atoms with Crippen LogP contribution in [0.3, 0.4) is 0 Å². The van der Waals surface area contributed by atoms with Gasteiger partial charge in [-0.1, -0.05) is 13.0 Å². The van der Waals surface area contributed by atoms with Crippen LogP contribution in [0.4, 0.5) is 10.1 Å². The zero-order valence-electron chi connectivity index (χ0n) is 19.4. The van der Waals surface area contributed by atoms with Crippen LogP contribution in [0, 0.1) is 12.7 Å². The largest absolute Gasteiger partial charge is 0.368 e. The molecular weight excluding hydrogens is 399 g/mol. The first kappa shape index (κ1) is 18.4. The summed E-state index contributed by atoms with van der Waals surface area (Å²) in [6, 6.07) is 6.28. The second-order valence-corrected chi connectivity index (χ2v) is 7.44. The number of piperazine rings is 1. The molecule has 1 amide bonds. The number of nitrogens with zero attached hydrogens (tertiary/aromatic N) is 4. The number of anilines is 1. The van der Waals surface area contributed by atoms with Gasteiger partial charge in [-0.05, 0) is 31.5 Å². The van der Waals surface area contributed by atoms with E-state index in [0.717, 1.165) is 5.69 Å². The van der Waals surface area contributed by atoms with E-state index >= 15 is 4.39 Å². The summed E-state index contributed by atoms with van der Waals surface area (Å²) in [5.74, 6) is -1.41. The average molecular weight is 426 g/mol. The molecule has 9 heteroatoms. The number of primary amides is 1. The van der Waals surface area contributed by atoms with E-state index in [9.17, 15) is 9.59 Å². The highest BCUT2D eigenvalue weighted by Gasteiger charge is 2.21. The molecule has 0 unspecified atom stereocenters. The van der Waals surface area contributed by atoms with E-state index in [1.54, 1.807) is 30.9 Å². The summed E-state index contributed by atoms with van der Waals surface area (Å²) in [5, 5.41) is 0. The lowest BCUT2D eigenvalue weighted by atomic mass is 10.1. The molecule has 0 aliphatic carbocycles. The van der Waals surface area contributed by atoms with Gasteiger partial charge < -0.3 is 15.6 Å². The fourth-order valence-electron chi connectivity index (χ4n) is 3.74. The molecule has 31 heavy (non-hydrogen) atoms. The van der Waals surface area contributed by atoms with Crippen molar-refractivity contribution in [2.75, 3.05) is 31.1 Å². The van der Waals surface area contributed by atoms with Crippen molar-refractivity contribution in [1.82, 2.24) is 19.9 Å². The lowest BCUT2D eigenvalue weighted by Gasteiger charge is -2.36. The van der Waals surface area contributed by atoms with Crippen LogP contribution in [-0.4, -0.2) is 51.9 Å². The third-order valence-electron chi connectivity index (χ3n) is 5.42. The maximum Gasteiger partial charge on any atom is 0.270 e. The van der Waals surface area contributed by atoms with Crippen LogP contribution in [0.5, 0.6) is 0 Å². The van der Waals surface area contributed by atoms with Crippen LogP contribution >= 0.6 is 0 Å². The number of nitrogens with one attached hydrogen (secondary N) is 1. The smallest absolute Gasteiger partial charge is 0.270 e. The summed E-state index contributed by atoms with van der Waals surface area (Å²) in [6.07, 6.45) is 0.417. The first-order chi connectivity index (χ1) is 15.6. The van der Waals surface area contributed by atoms with Gasteiger partial charge in [-0.15, -0.1) is 0 Å². The van der Waals surface area contributed by atoms with E-state index in [4.69, 9.17) is 8.48 Å². The average Bonchev–Trinajstić information content (AvgIpc) is 2.79. The van der Waals surface area contributed by atoms with Crippen molar-refractivity contribution in [3.05, 3.63) is 63.1 Å². The molecule has 1 aliphatic rings. The zero-order valence-corrected chi connectivity index (χ0v) is 17.4. The fraction of sp³-hybridized carbons (Fsp3) is 0.364. The normalized spacial score (nSPS) is 16.3. The van der Waals surface area contributed by atoms with Gasteiger partial charge in [-0.25, -0.2) is 14.4 Å². The van der Waals surface area contributed by atoms with Gasteiger partial charge in [0.2, 0.25) is 0 Å². The van der Waals surface area contributed by atoms with Gasteiger partial charge in [-0.2, -0.15) is 0 Å². The number of aryl methyl sites for hydroxylation is 2. The van der Waals surface area contributed by atoms with Crippen LogP contribution in [0.15, 0.2) is 29.1 Å². The molecule has 1 saturated heterocycles. The number of aromatic amines is 1. The first-order valence-electron chi connectivity index (χ1n) is 11.1. The number of aromatic nitrogens is 3. The highest BCUT2D eigenvalue weighted by molar-refractivity contribution is 5.91. The monoisotopic (exact) mass is 426 g/mol. The molecule has 3 heterocycles. The second-order valence-electron chi connectivity index (χ2n) is 7.44. The van der Waals surface area contributed by atoms with Crippen molar-refractivity contribution in [2.24, 2.45) is 5.73 Å². The Morgan fingerprint density at radius 2 is 1.97 bits per heavy atom. The van der Waals surface area contributed by atoms with E-state index in [2.05, 4.69) is 15.0 Å². The summed E-state index contributed by atoms with van der Waals surface area (Å²) >= 11 is 0. The fourth-order valence-corrected chi connectivity index (χ4v) is 3.74. The topological polar surface area (TPSA) is 108 Å². The number of fused-ring (bicyclic) bond motifs is 1. The minimum atomic E-state index is -2.09. The molecule has 0 spiro atoms. The number of H-pyrrole nitrogens is 1.